The molecule has 4 aromatic carbocycles. The normalized spacial score (nSPS) is 13.0. The number of benzene rings is 4. The lowest BCUT2D eigenvalue weighted by atomic mass is 10.0. The largest absolute Gasteiger partial charge is 0.416 e. The molecule has 0 aliphatic carbocycles. The van der Waals surface area contributed by atoms with Gasteiger partial charge in [-0.15, -0.1) is 0 Å². The second-order valence-electron chi connectivity index (χ2n) is 11.3. The minimum absolute atomic E-state index is 0.0337. The van der Waals surface area contributed by atoms with Crippen LogP contribution in [0, 0.1) is 0 Å². The van der Waals surface area contributed by atoms with Crippen molar-refractivity contribution in [2.45, 2.75) is 56.4 Å². The van der Waals surface area contributed by atoms with Gasteiger partial charge in [0.2, 0.25) is 11.8 Å². The second-order valence-corrected chi connectivity index (χ2v) is 14.4. The number of sulfonamides is 1. The summed E-state index contributed by atoms with van der Waals surface area (Å²) < 4.78 is 70.4. The van der Waals surface area contributed by atoms with E-state index in [1.165, 1.54) is 41.3 Å². The van der Waals surface area contributed by atoms with Gasteiger partial charge in [-0.1, -0.05) is 96.3 Å². The number of nitrogens with one attached hydrogen (secondary N) is 1. The Morgan fingerprint density at radius 1 is 0.816 bits per heavy atom. The Balaban J connectivity index is 1.89. The Bertz CT molecular complexity index is 1880. The second kappa shape index (κ2) is 16.3. The Hall–Kier alpha value is -3.77. The highest BCUT2D eigenvalue weighted by Crippen LogP contribution is 2.37. The van der Waals surface area contributed by atoms with E-state index in [-0.39, 0.29) is 39.0 Å². The van der Waals surface area contributed by atoms with E-state index in [1.807, 2.05) is 6.92 Å². The lowest BCUT2D eigenvalue weighted by molar-refractivity contribution is -0.140. The summed E-state index contributed by atoms with van der Waals surface area (Å²) in [7, 11) is -4.69. The van der Waals surface area contributed by atoms with Gasteiger partial charge in [0.05, 0.1) is 31.2 Å². The van der Waals surface area contributed by atoms with Crippen LogP contribution in [0.5, 0.6) is 0 Å². The molecule has 4 aromatic rings. The number of alkyl halides is 3. The van der Waals surface area contributed by atoms with E-state index in [9.17, 15) is 31.2 Å². The lowest BCUT2D eigenvalue weighted by Crippen LogP contribution is -2.54. The summed E-state index contributed by atoms with van der Waals surface area (Å²) in [5.74, 6) is -1.40. The maximum Gasteiger partial charge on any atom is 0.416 e. The molecule has 0 bridgehead atoms. The predicted octanol–water partition coefficient (Wildman–Crippen LogP) is 8.42. The molecule has 49 heavy (non-hydrogen) atoms. The van der Waals surface area contributed by atoms with Crippen molar-refractivity contribution in [1.82, 2.24) is 10.2 Å². The third-order valence-electron chi connectivity index (χ3n) is 7.76. The average Bonchev–Trinajstić information content (AvgIpc) is 3.07. The maximum atomic E-state index is 14.6. The van der Waals surface area contributed by atoms with Crippen LogP contribution in [0.4, 0.5) is 18.9 Å². The summed E-state index contributed by atoms with van der Waals surface area (Å²) in [5.41, 5.74) is -0.567. The molecule has 0 aliphatic heterocycles. The highest BCUT2D eigenvalue weighted by molar-refractivity contribution is 7.92. The zero-order chi connectivity index (χ0) is 35.9. The molecule has 0 unspecified atom stereocenters. The SMILES string of the molecule is CC[C@@H](C)NC(=O)[C@@H](Cc1ccccc1)N(Cc1ccc(Cl)c(Cl)c1)C(=O)CN(c1cc(C(F)(F)F)ccc1Cl)S(=O)(=O)c1ccccc1. The third kappa shape index (κ3) is 9.69. The Morgan fingerprint density at radius 2 is 1.43 bits per heavy atom. The molecule has 0 aromatic heterocycles. The zero-order valence-electron chi connectivity index (χ0n) is 26.4. The van der Waals surface area contributed by atoms with Crippen molar-refractivity contribution in [2.24, 2.45) is 0 Å². The maximum absolute atomic E-state index is 14.6. The molecular formula is C35H33Cl3F3N3O4S. The van der Waals surface area contributed by atoms with Gasteiger partial charge in [0, 0.05) is 19.0 Å². The van der Waals surface area contributed by atoms with Gasteiger partial charge in [0.1, 0.15) is 12.6 Å². The van der Waals surface area contributed by atoms with Crippen molar-refractivity contribution in [3.05, 3.63) is 129 Å². The quantitative estimate of drug-likeness (QED) is 0.149. The smallest absolute Gasteiger partial charge is 0.352 e. The number of amides is 2. The summed E-state index contributed by atoms with van der Waals surface area (Å²) in [6.45, 7) is 2.45. The fraction of sp³-hybridized carbons (Fsp3) is 0.257. The number of halogens is 6. The minimum Gasteiger partial charge on any atom is -0.352 e. The number of hydrogen-bond donors (Lipinski definition) is 1. The van der Waals surface area contributed by atoms with Gasteiger partial charge >= 0.3 is 6.18 Å². The molecule has 0 heterocycles. The van der Waals surface area contributed by atoms with Crippen LogP contribution in [-0.2, 0) is 38.8 Å². The van der Waals surface area contributed by atoms with E-state index >= 15 is 0 Å². The van der Waals surface area contributed by atoms with Crippen LogP contribution in [0.3, 0.4) is 0 Å². The molecule has 0 fully saturated rings. The van der Waals surface area contributed by atoms with Crippen molar-refractivity contribution in [1.29, 1.82) is 0 Å². The molecule has 0 saturated heterocycles. The van der Waals surface area contributed by atoms with Gasteiger partial charge in [0.25, 0.3) is 10.0 Å². The van der Waals surface area contributed by atoms with Crippen LogP contribution in [0.25, 0.3) is 0 Å². The van der Waals surface area contributed by atoms with Gasteiger partial charge in [-0.25, -0.2) is 8.42 Å². The standard InChI is InChI=1S/C35H33Cl3F3N3O4S/c1-3-23(2)42-34(46)32(19-24-10-6-4-7-11-24)43(21-25-14-16-28(36)30(38)18-25)33(45)22-44(49(47,48)27-12-8-5-9-13-27)31-20-26(35(39,40)41)15-17-29(31)37/h4-18,20,23,32H,3,19,21-22H2,1-2H3,(H,42,46)/t23-,32-/m1/s1. The number of nitrogens with zero attached hydrogens (tertiary/aromatic N) is 2. The van der Waals surface area contributed by atoms with E-state index in [1.54, 1.807) is 49.4 Å². The molecule has 0 aliphatic rings. The fourth-order valence-corrected chi connectivity index (χ4v) is 6.98. The van der Waals surface area contributed by atoms with Crippen molar-refractivity contribution in [3.63, 3.8) is 0 Å². The first-order chi connectivity index (χ1) is 23.1. The molecule has 4 rings (SSSR count). The molecule has 2 amide bonds. The summed E-state index contributed by atoms with van der Waals surface area (Å²) in [6, 6.07) is 21.2. The van der Waals surface area contributed by atoms with E-state index in [0.29, 0.717) is 34.0 Å². The van der Waals surface area contributed by atoms with Crippen LogP contribution in [0.1, 0.15) is 37.0 Å². The van der Waals surface area contributed by atoms with Gasteiger partial charge in [-0.2, -0.15) is 13.2 Å². The number of hydrogen-bond acceptors (Lipinski definition) is 4. The van der Waals surface area contributed by atoms with Gasteiger partial charge < -0.3 is 10.2 Å². The summed E-state index contributed by atoms with van der Waals surface area (Å²) in [4.78, 5) is 29.4. The number of rotatable bonds is 13. The molecule has 0 spiro atoms. The minimum atomic E-state index is -4.85. The predicted molar refractivity (Wildman–Crippen MR) is 186 cm³/mol. The van der Waals surface area contributed by atoms with Crippen LogP contribution in [0.15, 0.2) is 102 Å². The van der Waals surface area contributed by atoms with Gasteiger partial charge in [0.15, 0.2) is 0 Å². The van der Waals surface area contributed by atoms with Crippen LogP contribution < -0.4 is 9.62 Å². The summed E-state index contributed by atoms with van der Waals surface area (Å²) >= 11 is 18.8. The van der Waals surface area contributed by atoms with Gasteiger partial charge in [-0.3, -0.25) is 13.9 Å². The van der Waals surface area contributed by atoms with E-state index in [4.69, 9.17) is 34.8 Å². The first kappa shape index (κ1) is 38.0. The van der Waals surface area contributed by atoms with E-state index in [0.717, 1.165) is 6.07 Å². The lowest BCUT2D eigenvalue weighted by Gasteiger charge is -2.34. The van der Waals surface area contributed by atoms with Gasteiger partial charge in [-0.05, 0) is 66.9 Å². The number of carbonyl (C=O) groups is 2. The average molecular weight is 755 g/mol. The number of anilines is 1. The highest BCUT2D eigenvalue weighted by Gasteiger charge is 2.37. The topological polar surface area (TPSA) is 86.8 Å². The Labute approximate surface area is 298 Å². The molecule has 1 N–H and O–H groups in total. The highest BCUT2D eigenvalue weighted by atomic mass is 35.5. The Morgan fingerprint density at radius 3 is 2.02 bits per heavy atom. The molecular weight excluding hydrogens is 722 g/mol. The molecule has 2 atom stereocenters. The summed E-state index contributed by atoms with van der Waals surface area (Å²) in [5, 5.41) is 2.99. The zero-order valence-corrected chi connectivity index (χ0v) is 29.5. The van der Waals surface area contributed by atoms with E-state index in [2.05, 4.69) is 5.32 Å². The van der Waals surface area contributed by atoms with Crippen molar-refractivity contribution in [3.8, 4) is 0 Å². The first-order valence-corrected chi connectivity index (χ1v) is 17.7. The van der Waals surface area contributed by atoms with Crippen molar-refractivity contribution < 1.29 is 31.2 Å². The van der Waals surface area contributed by atoms with E-state index < -0.39 is 51.9 Å². The summed E-state index contributed by atoms with van der Waals surface area (Å²) in [6.07, 6.45) is -4.23. The molecule has 7 nitrogen and oxygen atoms in total. The third-order valence-corrected chi connectivity index (χ3v) is 10.6. The van der Waals surface area contributed by atoms with Crippen LogP contribution in [0.2, 0.25) is 15.1 Å². The first-order valence-electron chi connectivity index (χ1n) is 15.1. The Kier molecular flexibility index (Phi) is 12.6. The van der Waals surface area contributed by atoms with Crippen molar-refractivity contribution >= 4 is 62.3 Å². The molecule has 0 radical (unpaired) electrons. The van der Waals surface area contributed by atoms with Crippen LogP contribution in [-0.4, -0.2) is 43.8 Å². The fourth-order valence-electron chi connectivity index (χ4n) is 4.94. The molecule has 0 saturated carbocycles. The monoisotopic (exact) mass is 753 g/mol. The van der Waals surface area contributed by atoms with Crippen LogP contribution >= 0.6 is 34.8 Å². The van der Waals surface area contributed by atoms with Crippen molar-refractivity contribution in [2.75, 3.05) is 10.8 Å². The molecule has 260 valence electrons. The molecule has 14 heteroatoms. The number of carbonyl (C=O) groups excluding carboxylic acids is 2.